The van der Waals surface area contributed by atoms with E-state index in [4.69, 9.17) is 9.84 Å². The van der Waals surface area contributed by atoms with Crippen LogP contribution in [0.25, 0.3) is 0 Å². The van der Waals surface area contributed by atoms with Crippen molar-refractivity contribution in [2.45, 2.75) is 38.1 Å². The van der Waals surface area contributed by atoms with Crippen molar-refractivity contribution < 1.29 is 19.1 Å². The number of carbonyl (C=O) groups is 3. The maximum Gasteiger partial charge on any atom is 0.243 e. The Kier molecular flexibility index (Phi) is 7.02. The quantitative estimate of drug-likeness (QED) is 0.599. The SMILES string of the molecule is COc1ccc(C2CC(c3ccccc3)=NN2C(=O)CCC(=O)N2CCN(C(=O)C3CC3)CC2)cc1. The van der Waals surface area contributed by atoms with Gasteiger partial charge in [-0.05, 0) is 36.1 Å². The predicted molar refractivity (Wildman–Crippen MR) is 135 cm³/mol. The summed E-state index contributed by atoms with van der Waals surface area (Å²) in [7, 11) is 1.62. The standard InChI is InChI=1S/C28H32N4O4/c1-36-23-11-9-21(10-12-23)25-19-24(20-5-3-2-4-6-20)29-32(25)27(34)14-13-26(33)30-15-17-31(18-16-30)28(35)22-7-8-22/h2-6,9-12,22,25H,7-8,13-19H2,1H3. The molecule has 0 aromatic heterocycles. The van der Waals surface area contributed by atoms with Gasteiger partial charge in [-0.2, -0.15) is 5.10 Å². The number of benzene rings is 2. The lowest BCUT2D eigenvalue weighted by Gasteiger charge is -2.35. The van der Waals surface area contributed by atoms with Crippen molar-refractivity contribution in [3.63, 3.8) is 0 Å². The van der Waals surface area contributed by atoms with Gasteiger partial charge < -0.3 is 14.5 Å². The third-order valence-corrected chi connectivity index (χ3v) is 7.20. The minimum atomic E-state index is -0.231. The zero-order valence-corrected chi connectivity index (χ0v) is 20.6. The maximum atomic E-state index is 13.3. The van der Waals surface area contributed by atoms with Crippen LogP contribution in [0.2, 0.25) is 0 Å². The molecule has 5 rings (SSSR count). The summed E-state index contributed by atoms with van der Waals surface area (Å²) in [4.78, 5) is 42.1. The minimum absolute atomic E-state index is 0.0469. The molecule has 1 unspecified atom stereocenters. The molecule has 8 heteroatoms. The summed E-state index contributed by atoms with van der Waals surface area (Å²) in [6.45, 7) is 2.21. The Morgan fingerprint density at radius 3 is 2.14 bits per heavy atom. The largest absolute Gasteiger partial charge is 0.497 e. The van der Waals surface area contributed by atoms with Gasteiger partial charge in [0.05, 0.1) is 18.9 Å². The Labute approximate surface area is 211 Å². The lowest BCUT2D eigenvalue weighted by Crippen LogP contribution is -2.51. The summed E-state index contributed by atoms with van der Waals surface area (Å²) in [6, 6.07) is 17.3. The molecule has 2 aliphatic heterocycles. The van der Waals surface area contributed by atoms with E-state index in [1.165, 1.54) is 0 Å². The molecule has 8 nitrogen and oxygen atoms in total. The summed E-state index contributed by atoms with van der Waals surface area (Å²) in [5.41, 5.74) is 2.81. The molecule has 2 fully saturated rings. The lowest BCUT2D eigenvalue weighted by molar-refractivity contribution is -0.142. The van der Waals surface area contributed by atoms with Gasteiger partial charge in [0.25, 0.3) is 0 Å². The van der Waals surface area contributed by atoms with Gasteiger partial charge in [-0.1, -0.05) is 42.5 Å². The number of hydrazone groups is 1. The van der Waals surface area contributed by atoms with E-state index in [9.17, 15) is 14.4 Å². The molecule has 2 aromatic carbocycles. The summed E-state index contributed by atoms with van der Waals surface area (Å²) < 4.78 is 5.28. The highest BCUT2D eigenvalue weighted by atomic mass is 16.5. The molecule has 0 bridgehead atoms. The van der Waals surface area contributed by atoms with Crippen LogP contribution in [0.15, 0.2) is 59.7 Å². The number of piperazine rings is 1. The number of rotatable bonds is 7. The zero-order valence-electron chi connectivity index (χ0n) is 20.6. The van der Waals surface area contributed by atoms with Gasteiger partial charge in [-0.25, -0.2) is 5.01 Å². The Balaban J connectivity index is 1.22. The molecule has 188 valence electrons. The van der Waals surface area contributed by atoms with Crippen molar-refractivity contribution >= 4 is 23.4 Å². The first-order valence-corrected chi connectivity index (χ1v) is 12.7. The average molecular weight is 489 g/mol. The van der Waals surface area contributed by atoms with Crippen LogP contribution in [0.1, 0.15) is 49.3 Å². The van der Waals surface area contributed by atoms with Gasteiger partial charge in [-0.15, -0.1) is 0 Å². The third-order valence-electron chi connectivity index (χ3n) is 7.20. The Hall–Kier alpha value is -3.68. The van der Waals surface area contributed by atoms with Crippen molar-refractivity contribution in [1.29, 1.82) is 0 Å². The van der Waals surface area contributed by atoms with Crippen LogP contribution in [0.3, 0.4) is 0 Å². The molecule has 0 radical (unpaired) electrons. The highest BCUT2D eigenvalue weighted by molar-refractivity contribution is 6.03. The second-order valence-corrected chi connectivity index (χ2v) is 9.62. The van der Waals surface area contributed by atoms with E-state index in [1.54, 1.807) is 17.0 Å². The normalized spacial score (nSPS) is 19.8. The molecule has 1 saturated heterocycles. The minimum Gasteiger partial charge on any atom is -0.497 e. The topological polar surface area (TPSA) is 82.5 Å². The predicted octanol–water partition coefficient (Wildman–Crippen LogP) is 3.23. The van der Waals surface area contributed by atoms with Crippen LogP contribution < -0.4 is 4.74 Å². The molecule has 36 heavy (non-hydrogen) atoms. The van der Waals surface area contributed by atoms with Gasteiger partial charge in [0.1, 0.15) is 5.75 Å². The molecule has 1 atom stereocenters. The van der Waals surface area contributed by atoms with Gasteiger partial charge in [0.2, 0.25) is 17.7 Å². The number of carbonyl (C=O) groups excluding carboxylic acids is 3. The summed E-state index contributed by atoms with van der Waals surface area (Å²) in [5, 5.41) is 6.25. The van der Waals surface area contributed by atoms with Gasteiger partial charge >= 0.3 is 0 Å². The number of methoxy groups -OCH3 is 1. The van der Waals surface area contributed by atoms with E-state index in [1.807, 2.05) is 59.5 Å². The van der Waals surface area contributed by atoms with E-state index >= 15 is 0 Å². The molecule has 0 spiro atoms. The number of ether oxygens (including phenoxy) is 1. The first-order valence-electron chi connectivity index (χ1n) is 12.7. The molecular weight excluding hydrogens is 456 g/mol. The molecule has 1 aliphatic carbocycles. The molecule has 1 saturated carbocycles. The van der Waals surface area contributed by atoms with Crippen LogP contribution in [0, 0.1) is 5.92 Å². The summed E-state index contributed by atoms with van der Waals surface area (Å²) >= 11 is 0. The highest BCUT2D eigenvalue weighted by Gasteiger charge is 2.36. The second-order valence-electron chi connectivity index (χ2n) is 9.62. The molecule has 0 N–H and O–H groups in total. The fourth-order valence-corrected chi connectivity index (χ4v) is 4.88. The van der Waals surface area contributed by atoms with Crippen molar-refractivity contribution in [3.8, 4) is 5.75 Å². The van der Waals surface area contributed by atoms with Crippen LogP contribution in [0.5, 0.6) is 5.75 Å². The molecule has 2 heterocycles. The highest BCUT2D eigenvalue weighted by Crippen LogP contribution is 2.34. The number of hydrogen-bond acceptors (Lipinski definition) is 5. The van der Waals surface area contributed by atoms with E-state index in [2.05, 4.69) is 0 Å². The van der Waals surface area contributed by atoms with Crippen LogP contribution >= 0.6 is 0 Å². The summed E-state index contributed by atoms with van der Waals surface area (Å²) in [6.07, 6.45) is 2.81. The maximum absolute atomic E-state index is 13.3. The molecule has 2 aromatic rings. The van der Waals surface area contributed by atoms with Crippen LogP contribution in [-0.2, 0) is 14.4 Å². The van der Waals surface area contributed by atoms with E-state index in [0.29, 0.717) is 32.6 Å². The first-order chi connectivity index (χ1) is 17.5. The molecule has 3 aliphatic rings. The number of hydrogen-bond donors (Lipinski definition) is 0. The van der Waals surface area contributed by atoms with Crippen molar-refractivity contribution in [3.05, 3.63) is 65.7 Å². The van der Waals surface area contributed by atoms with Crippen LogP contribution in [0.4, 0.5) is 0 Å². The van der Waals surface area contributed by atoms with Gasteiger partial charge in [0, 0.05) is 51.4 Å². The second kappa shape index (κ2) is 10.5. The van der Waals surface area contributed by atoms with Gasteiger partial charge in [-0.3, -0.25) is 14.4 Å². The zero-order chi connectivity index (χ0) is 25.1. The van der Waals surface area contributed by atoms with Crippen molar-refractivity contribution in [2.24, 2.45) is 11.0 Å². The fourth-order valence-electron chi connectivity index (χ4n) is 4.88. The third kappa shape index (κ3) is 5.27. The average Bonchev–Trinajstić information content (AvgIpc) is 3.69. The van der Waals surface area contributed by atoms with Crippen molar-refractivity contribution in [1.82, 2.24) is 14.8 Å². The first kappa shape index (κ1) is 24.0. The molecular formula is C28H32N4O4. The van der Waals surface area contributed by atoms with Crippen molar-refractivity contribution in [2.75, 3.05) is 33.3 Å². The monoisotopic (exact) mass is 488 g/mol. The van der Waals surface area contributed by atoms with Crippen LogP contribution in [-0.4, -0.2) is 71.5 Å². The Bertz CT molecular complexity index is 1140. The number of nitrogens with zero attached hydrogens (tertiary/aromatic N) is 4. The fraction of sp³-hybridized carbons (Fsp3) is 0.429. The smallest absolute Gasteiger partial charge is 0.243 e. The summed E-state index contributed by atoms with van der Waals surface area (Å²) in [5.74, 6) is 0.962. The molecule has 3 amide bonds. The van der Waals surface area contributed by atoms with E-state index in [0.717, 1.165) is 35.4 Å². The number of amides is 3. The Morgan fingerprint density at radius 2 is 1.50 bits per heavy atom. The lowest BCUT2D eigenvalue weighted by atomic mass is 9.98. The van der Waals surface area contributed by atoms with Gasteiger partial charge in [0.15, 0.2) is 0 Å². The van der Waals surface area contributed by atoms with E-state index < -0.39 is 0 Å². The van der Waals surface area contributed by atoms with E-state index in [-0.39, 0.29) is 42.5 Å². The Morgan fingerprint density at radius 1 is 0.861 bits per heavy atom.